The van der Waals surface area contributed by atoms with Crippen LogP contribution in [0.1, 0.15) is 44.2 Å². The molecule has 30 heavy (non-hydrogen) atoms. The first-order valence-corrected chi connectivity index (χ1v) is 12.9. The van der Waals surface area contributed by atoms with E-state index in [-0.39, 0.29) is 16.8 Å². The van der Waals surface area contributed by atoms with Gasteiger partial charge in [0.25, 0.3) is 0 Å². The van der Waals surface area contributed by atoms with Crippen LogP contribution in [-0.4, -0.2) is 79.3 Å². The highest BCUT2D eigenvalue weighted by Crippen LogP contribution is 2.32. The smallest absolute Gasteiger partial charge is 0.227 e. The predicted octanol–water partition coefficient (Wildman–Crippen LogP) is 1.55. The Hall–Kier alpha value is -1.45. The largest absolute Gasteiger partial charge is 0.383 e. The molecule has 2 saturated heterocycles. The van der Waals surface area contributed by atoms with Crippen LogP contribution in [0.3, 0.4) is 0 Å². The van der Waals surface area contributed by atoms with Gasteiger partial charge < -0.3 is 14.2 Å². The van der Waals surface area contributed by atoms with E-state index in [2.05, 4.69) is 9.88 Å². The van der Waals surface area contributed by atoms with Gasteiger partial charge in [-0.1, -0.05) is 0 Å². The van der Waals surface area contributed by atoms with Gasteiger partial charge in [-0.25, -0.2) is 13.4 Å². The molecule has 1 aliphatic carbocycles. The van der Waals surface area contributed by atoms with Crippen LogP contribution < -0.4 is 0 Å². The molecule has 2 aliphatic heterocycles. The molecule has 0 bridgehead atoms. The number of sulfone groups is 1. The van der Waals surface area contributed by atoms with Crippen LogP contribution in [0.4, 0.5) is 0 Å². The minimum atomic E-state index is -3.38. The molecule has 168 valence electrons. The molecule has 1 atom stereocenters. The second kappa shape index (κ2) is 9.36. The number of likely N-dealkylation sites (tertiary alicyclic amines) is 2. The van der Waals surface area contributed by atoms with Crippen LogP contribution in [0.5, 0.6) is 0 Å². The second-order valence-corrected chi connectivity index (χ2v) is 11.0. The van der Waals surface area contributed by atoms with Gasteiger partial charge in [0.2, 0.25) is 20.9 Å². The topological polar surface area (TPSA) is 84.7 Å². The lowest BCUT2D eigenvalue weighted by atomic mass is 9.97. The summed E-state index contributed by atoms with van der Waals surface area (Å²) in [4.78, 5) is 20.7. The molecule has 1 aromatic heterocycles. The number of hydrogen-bond acceptors (Lipinski definition) is 6. The van der Waals surface area contributed by atoms with Crippen LogP contribution >= 0.6 is 0 Å². The van der Waals surface area contributed by atoms with Crippen molar-refractivity contribution in [3.8, 4) is 0 Å². The van der Waals surface area contributed by atoms with Gasteiger partial charge in [-0.15, -0.1) is 0 Å². The zero-order chi connectivity index (χ0) is 21.1. The molecule has 0 N–H and O–H groups in total. The van der Waals surface area contributed by atoms with Gasteiger partial charge in [0, 0.05) is 46.3 Å². The van der Waals surface area contributed by atoms with E-state index in [9.17, 15) is 13.2 Å². The van der Waals surface area contributed by atoms with Crippen molar-refractivity contribution in [3.05, 3.63) is 11.9 Å². The van der Waals surface area contributed by atoms with Gasteiger partial charge in [-0.2, -0.15) is 0 Å². The Kier molecular flexibility index (Phi) is 6.79. The molecule has 8 nitrogen and oxygen atoms in total. The maximum Gasteiger partial charge on any atom is 0.227 e. The van der Waals surface area contributed by atoms with Gasteiger partial charge >= 0.3 is 0 Å². The number of nitrogens with zero attached hydrogens (tertiary/aromatic N) is 4. The van der Waals surface area contributed by atoms with E-state index >= 15 is 0 Å². The summed E-state index contributed by atoms with van der Waals surface area (Å²) < 4.78 is 32.8. The molecule has 0 aromatic carbocycles. The van der Waals surface area contributed by atoms with Crippen LogP contribution in [0.2, 0.25) is 0 Å². The second-order valence-electron chi connectivity index (χ2n) is 9.09. The summed E-state index contributed by atoms with van der Waals surface area (Å²) in [5.41, 5.74) is 0.930. The van der Waals surface area contributed by atoms with E-state index in [0.29, 0.717) is 38.0 Å². The average Bonchev–Trinajstić information content (AvgIpc) is 3.27. The molecule has 9 heteroatoms. The fraction of sp³-hybridized carbons (Fsp3) is 0.810. The van der Waals surface area contributed by atoms with Crippen LogP contribution in [0.25, 0.3) is 0 Å². The molecule has 0 radical (unpaired) electrons. The number of rotatable bonds is 10. The number of amides is 1. The van der Waals surface area contributed by atoms with Gasteiger partial charge in [0.1, 0.15) is 0 Å². The first kappa shape index (κ1) is 21.8. The normalized spacial score (nSPS) is 23.4. The molecule has 3 fully saturated rings. The molecule has 4 rings (SSSR count). The Labute approximate surface area is 179 Å². The predicted molar refractivity (Wildman–Crippen MR) is 113 cm³/mol. The van der Waals surface area contributed by atoms with Crippen molar-refractivity contribution in [1.29, 1.82) is 0 Å². The number of imidazole rings is 1. The summed E-state index contributed by atoms with van der Waals surface area (Å²) in [6.45, 7) is 5.29. The van der Waals surface area contributed by atoms with Crippen molar-refractivity contribution in [2.75, 3.05) is 45.6 Å². The van der Waals surface area contributed by atoms with Crippen LogP contribution in [-0.2, 0) is 32.5 Å². The van der Waals surface area contributed by atoms with E-state index in [0.717, 1.165) is 64.0 Å². The third kappa shape index (κ3) is 5.23. The lowest BCUT2D eigenvalue weighted by Gasteiger charge is -2.34. The van der Waals surface area contributed by atoms with Gasteiger partial charge in [-0.3, -0.25) is 9.69 Å². The van der Waals surface area contributed by atoms with Gasteiger partial charge in [0.05, 0.1) is 24.3 Å². The van der Waals surface area contributed by atoms with Crippen molar-refractivity contribution < 1.29 is 17.9 Å². The van der Waals surface area contributed by atoms with Crippen LogP contribution in [0, 0.1) is 11.8 Å². The van der Waals surface area contributed by atoms with Crippen molar-refractivity contribution in [2.24, 2.45) is 11.8 Å². The molecule has 3 aliphatic rings. The highest BCUT2D eigenvalue weighted by Gasteiger charge is 2.33. The first-order chi connectivity index (χ1) is 14.5. The van der Waals surface area contributed by atoms with Crippen molar-refractivity contribution in [1.82, 2.24) is 19.4 Å². The Bertz CT molecular complexity index is 849. The van der Waals surface area contributed by atoms with E-state index in [1.54, 1.807) is 13.3 Å². The number of carbonyl (C=O) groups is 1. The minimum Gasteiger partial charge on any atom is -0.383 e. The third-order valence-electron chi connectivity index (χ3n) is 6.49. The highest BCUT2D eigenvalue weighted by molar-refractivity contribution is 7.91. The summed E-state index contributed by atoms with van der Waals surface area (Å²) >= 11 is 0. The van der Waals surface area contributed by atoms with E-state index < -0.39 is 9.84 Å². The molecule has 0 unspecified atom stereocenters. The standard InChI is InChI=1S/C21H34N4O4S/c1-29-11-10-25-19(12-22-21(25)30(27,28)16-17-6-7-17)15-23-8-2-4-18(13-23)14-24-9-3-5-20(24)26/h12,17-18H,2-11,13-16H2,1H3/t18-/m0/s1. The van der Waals surface area contributed by atoms with E-state index in [1.165, 1.54) is 0 Å². The summed E-state index contributed by atoms with van der Waals surface area (Å²) in [6.07, 6.45) is 7.64. The lowest BCUT2D eigenvalue weighted by molar-refractivity contribution is -0.128. The Morgan fingerprint density at radius 1 is 1.17 bits per heavy atom. The Balaban J connectivity index is 1.44. The molecule has 0 spiro atoms. The van der Waals surface area contributed by atoms with Crippen molar-refractivity contribution >= 4 is 15.7 Å². The summed E-state index contributed by atoms with van der Waals surface area (Å²) in [5, 5.41) is 0.192. The number of methoxy groups -OCH3 is 1. The van der Waals surface area contributed by atoms with Crippen molar-refractivity contribution in [3.63, 3.8) is 0 Å². The van der Waals surface area contributed by atoms with Gasteiger partial charge in [0.15, 0.2) is 0 Å². The lowest BCUT2D eigenvalue weighted by Crippen LogP contribution is -2.41. The molecule has 1 saturated carbocycles. The fourth-order valence-corrected chi connectivity index (χ4v) is 6.60. The number of ether oxygens (including phenoxy) is 1. The van der Waals surface area contributed by atoms with E-state index in [1.807, 2.05) is 9.47 Å². The zero-order valence-electron chi connectivity index (χ0n) is 18.0. The monoisotopic (exact) mass is 438 g/mol. The van der Waals surface area contributed by atoms with E-state index in [4.69, 9.17) is 4.74 Å². The zero-order valence-corrected chi connectivity index (χ0v) is 18.8. The average molecular weight is 439 g/mol. The molecular formula is C21H34N4O4S. The highest BCUT2D eigenvalue weighted by atomic mass is 32.2. The van der Waals surface area contributed by atoms with Crippen molar-refractivity contribution in [2.45, 2.75) is 56.8 Å². The SMILES string of the molecule is COCCn1c(CN2CCC[C@H](CN3CCCC3=O)C2)cnc1S(=O)(=O)CC1CC1. The quantitative estimate of drug-likeness (QED) is 0.551. The van der Waals surface area contributed by atoms with Crippen LogP contribution in [0.15, 0.2) is 11.4 Å². The summed E-state index contributed by atoms with van der Waals surface area (Å²) in [6, 6.07) is 0. The Morgan fingerprint density at radius 2 is 2.00 bits per heavy atom. The maximum absolute atomic E-state index is 12.9. The maximum atomic E-state index is 12.9. The van der Waals surface area contributed by atoms with Gasteiger partial charge in [-0.05, 0) is 50.5 Å². The number of hydrogen-bond donors (Lipinski definition) is 0. The molecular weight excluding hydrogens is 404 g/mol. The number of carbonyl (C=O) groups excluding carboxylic acids is 1. The number of aromatic nitrogens is 2. The molecule has 1 amide bonds. The summed E-state index contributed by atoms with van der Waals surface area (Å²) in [7, 11) is -1.75. The summed E-state index contributed by atoms with van der Waals surface area (Å²) in [5.74, 6) is 1.26. The third-order valence-corrected chi connectivity index (χ3v) is 8.28. The molecule has 1 aromatic rings. The molecule has 3 heterocycles. The Morgan fingerprint density at radius 3 is 2.70 bits per heavy atom. The minimum absolute atomic E-state index is 0.192. The first-order valence-electron chi connectivity index (χ1n) is 11.2. The number of piperidine rings is 1. The fourth-order valence-electron chi connectivity index (χ4n) is 4.74.